The van der Waals surface area contributed by atoms with Gasteiger partial charge in [0, 0.05) is 24.3 Å². The highest BCUT2D eigenvalue weighted by molar-refractivity contribution is 6.36. The molecule has 1 aromatic heterocycles. The normalized spacial score (nSPS) is 23.1. The molecule has 5 nitrogen and oxygen atoms in total. The van der Waals surface area contributed by atoms with E-state index in [0.29, 0.717) is 29.5 Å². The van der Waals surface area contributed by atoms with Crippen molar-refractivity contribution in [2.75, 3.05) is 0 Å². The molecule has 0 saturated heterocycles. The molecule has 3 saturated carbocycles. The van der Waals surface area contributed by atoms with Crippen LogP contribution in [0.3, 0.4) is 0 Å². The lowest BCUT2D eigenvalue weighted by Crippen LogP contribution is -2.47. The quantitative estimate of drug-likeness (QED) is 0.385. The van der Waals surface area contributed by atoms with Gasteiger partial charge in [-0.05, 0) is 65.5 Å². The van der Waals surface area contributed by atoms with Crippen LogP contribution in [0.25, 0.3) is 11.1 Å². The molecule has 206 valence electrons. The van der Waals surface area contributed by atoms with Crippen LogP contribution >= 0.6 is 11.6 Å². The van der Waals surface area contributed by atoms with Crippen molar-refractivity contribution in [2.24, 2.45) is 18.9 Å². The molecule has 38 heavy (non-hydrogen) atoms. The zero-order valence-corrected chi connectivity index (χ0v) is 24.4. The Morgan fingerprint density at radius 1 is 1.11 bits per heavy atom. The second-order valence-electron chi connectivity index (χ2n) is 13.5. The topological polar surface area (TPSA) is 71.3 Å². The highest BCUT2D eigenvalue weighted by Crippen LogP contribution is 2.50. The Hall–Kier alpha value is -2.27. The molecule has 0 unspecified atom stereocenters. The molecule has 1 amide bonds. The maximum atomic E-state index is 13.6. The average Bonchev–Trinajstić information content (AvgIpc) is 3.53. The Bertz CT molecular complexity index is 1210. The van der Waals surface area contributed by atoms with E-state index in [0.717, 1.165) is 23.2 Å². The van der Waals surface area contributed by atoms with E-state index in [1.807, 2.05) is 11.6 Å². The number of carbonyl (C=O) groups is 2. The molecule has 3 aliphatic carbocycles. The lowest BCUT2D eigenvalue weighted by molar-refractivity contribution is -0.145. The third kappa shape index (κ3) is 5.28. The van der Waals surface area contributed by atoms with E-state index >= 15 is 0 Å². The zero-order valence-electron chi connectivity index (χ0n) is 23.6. The fraction of sp³-hybridized carbons (Fsp3) is 0.625. The average molecular weight is 539 g/mol. The van der Waals surface area contributed by atoms with Crippen LogP contribution in [0, 0.1) is 11.8 Å². The maximum Gasteiger partial charge on any atom is 0.306 e. The Morgan fingerprint density at radius 2 is 1.76 bits per heavy atom. The largest absolute Gasteiger partial charge is 0.481 e. The number of nitrogens with zero attached hydrogens (tertiary/aromatic N) is 1. The van der Waals surface area contributed by atoms with Gasteiger partial charge in [0.2, 0.25) is 0 Å². The van der Waals surface area contributed by atoms with Crippen LogP contribution < -0.4 is 5.32 Å². The molecule has 1 heterocycles. The van der Waals surface area contributed by atoms with E-state index in [9.17, 15) is 14.7 Å². The van der Waals surface area contributed by atoms with Crippen molar-refractivity contribution < 1.29 is 14.7 Å². The summed E-state index contributed by atoms with van der Waals surface area (Å²) in [5, 5.41) is 12.8. The standard InChI is InChI=1S/C32H43ClN2O3/c1-31(2,3)22-14-20(15-23(18-22)32(4)11-12-32)26-25(13-19-9-7-6-8-10-19)35(5)28(27(26)33)29(36)34-24-16-21(17-24)30(37)38/h14-15,18-19,21,24H,6-13,16-17H2,1-5H3,(H,34,36)(H,37,38). The number of carbonyl (C=O) groups excluding carboxylic acids is 1. The number of hydrogen-bond acceptors (Lipinski definition) is 2. The van der Waals surface area contributed by atoms with Gasteiger partial charge in [0.05, 0.1) is 10.9 Å². The first-order valence-corrected chi connectivity index (χ1v) is 14.8. The lowest BCUT2D eigenvalue weighted by atomic mass is 9.80. The summed E-state index contributed by atoms with van der Waals surface area (Å²) < 4.78 is 2.03. The summed E-state index contributed by atoms with van der Waals surface area (Å²) in [4.78, 5) is 24.8. The van der Waals surface area contributed by atoms with E-state index in [1.165, 1.54) is 56.1 Å². The van der Waals surface area contributed by atoms with E-state index < -0.39 is 5.97 Å². The van der Waals surface area contributed by atoms with Crippen LogP contribution in [0.1, 0.15) is 113 Å². The molecule has 0 aliphatic heterocycles. The third-order valence-corrected chi connectivity index (χ3v) is 9.85. The summed E-state index contributed by atoms with van der Waals surface area (Å²) in [5.41, 5.74) is 6.61. The van der Waals surface area contributed by atoms with Crippen molar-refractivity contribution >= 4 is 23.5 Å². The van der Waals surface area contributed by atoms with Gasteiger partial charge in [-0.1, -0.05) is 89.6 Å². The molecule has 3 aliphatic rings. The van der Waals surface area contributed by atoms with Crippen LogP contribution in [0.2, 0.25) is 5.02 Å². The number of carboxylic acid groups (broad SMARTS) is 1. The molecule has 0 bridgehead atoms. The first-order valence-electron chi connectivity index (χ1n) is 14.4. The monoisotopic (exact) mass is 538 g/mol. The number of benzene rings is 1. The number of amides is 1. The Labute approximate surface area is 232 Å². The number of halogens is 1. The number of aromatic nitrogens is 1. The van der Waals surface area contributed by atoms with Gasteiger partial charge in [0.25, 0.3) is 5.91 Å². The molecule has 5 rings (SSSR count). The smallest absolute Gasteiger partial charge is 0.306 e. The summed E-state index contributed by atoms with van der Waals surface area (Å²) in [6.45, 7) is 9.10. The van der Waals surface area contributed by atoms with Gasteiger partial charge in [-0.15, -0.1) is 0 Å². The second-order valence-corrected chi connectivity index (χ2v) is 13.9. The fourth-order valence-corrected chi connectivity index (χ4v) is 6.80. The van der Waals surface area contributed by atoms with Crippen molar-refractivity contribution in [3.05, 3.63) is 45.7 Å². The number of aliphatic carboxylic acids is 1. The minimum Gasteiger partial charge on any atom is -0.481 e. The van der Waals surface area contributed by atoms with Gasteiger partial charge in [0.1, 0.15) is 5.69 Å². The Kier molecular flexibility index (Phi) is 7.21. The first kappa shape index (κ1) is 27.3. The number of carboxylic acids is 1. The minimum absolute atomic E-state index is 0.00803. The van der Waals surface area contributed by atoms with Crippen LogP contribution in [0.4, 0.5) is 0 Å². The Morgan fingerprint density at radius 3 is 2.34 bits per heavy atom. The van der Waals surface area contributed by atoms with E-state index in [4.69, 9.17) is 11.6 Å². The molecule has 0 radical (unpaired) electrons. The van der Waals surface area contributed by atoms with Crippen molar-refractivity contribution in [3.63, 3.8) is 0 Å². The summed E-state index contributed by atoms with van der Waals surface area (Å²) in [7, 11) is 1.97. The summed E-state index contributed by atoms with van der Waals surface area (Å²) in [5.74, 6) is -0.770. The maximum absolute atomic E-state index is 13.6. The first-order chi connectivity index (χ1) is 17.9. The van der Waals surface area contributed by atoms with Crippen LogP contribution in [-0.4, -0.2) is 27.6 Å². The minimum atomic E-state index is -0.789. The van der Waals surface area contributed by atoms with E-state index in [1.54, 1.807) is 0 Å². The molecule has 0 atom stereocenters. The van der Waals surface area contributed by atoms with Gasteiger partial charge in [-0.25, -0.2) is 0 Å². The predicted molar refractivity (Wildman–Crippen MR) is 153 cm³/mol. The molecular formula is C32H43ClN2O3. The molecule has 1 aromatic carbocycles. The molecule has 6 heteroatoms. The summed E-state index contributed by atoms with van der Waals surface area (Å²) >= 11 is 7.18. The van der Waals surface area contributed by atoms with E-state index in [2.05, 4.69) is 51.2 Å². The highest BCUT2D eigenvalue weighted by atomic mass is 35.5. The fourth-order valence-electron chi connectivity index (χ4n) is 6.36. The Balaban J connectivity index is 1.57. The van der Waals surface area contributed by atoms with Crippen LogP contribution in [0.15, 0.2) is 18.2 Å². The van der Waals surface area contributed by atoms with E-state index in [-0.39, 0.29) is 28.7 Å². The van der Waals surface area contributed by atoms with Crippen molar-refractivity contribution in [1.29, 1.82) is 0 Å². The molecular weight excluding hydrogens is 496 g/mol. The SMILES string of the molecule is Cn1c(CC2CCCCC2)c(-c2cc(C(C)(C)C)cc(C3(C)CC3)c2)c(Cl)c1C(=O)NC1CC(C(=O)O)C1. The molecule has 2 N–H and O–H groups in total. The molecule has 3 fully saturated rings. The lowest BCUT2D eigenvalue weighted by Gasteiger charge is -2.32. The van der Waals surface area contributed by atoms with Gasteiger partial charge in [-0.3, -0.25) is 9.59 Å². The van der Waals surface area contributed by atoms with Crippen molar-refractivity contribution in [2.45, 2.75) is 109 Å². The second kappa shape index (κ2) is 10.0. The van der Waals surface area contributed by atoms with Gasteiger partial charge in [0.15, 0.2) is 0 Å². The highest BCUT2D eigenvalue weighted by Gasteiger charge is 2.40. The third-order valence-electron chi connectivity index (χ3n) is 9.49. The number of nitrogens with one attached hydrogen (secondary N) is 1. The van der Waals surface area contributed by atoms with Crippen molar-refractivity contribution in [1.82, 2.24) is 9.88 Å². The zero-order chi connectivity index (χ0) is 27.4. The van der Waals surface area contributed by atoms with Crippen molar-refractivity contribution in [3.8, 4) is 11.1 Å². The summed E-state index contributed by atoms with van der Waals surface area (Å²) in [6.07, 6.45) is 10.5. The number of rotatable bonds is 7. The molecule has 0 spiro atoms. The van der Waals surface area contributed by atoms with Gasteiger partial charge < -0.3 is 15.0 Å². The molecule has 2 aromatic rings. The van der Waals surface area contributed by atoms with Crippen LogP contribution in [-0.2, 0) is 29.1 Å². The number of hydrogen-bond donors (Lipinski definition) is 2. The van der Waals surface area contributed by atoms with Crippen LogP contribution in [0.5, 0.6) is 0 Å². The van der Waals surface area contributed by atoms with Gasteiger partial charge >= 0.3 is 5.97 Å². The predicted octanol–water partition coefficient (Wildman–Crippen LogP) is 7.41. The van der Waals surface area contributed by atoms with Gasteiger partial charge in [-0.2, -0.15) is 0 Å². The summed E-state index contributed by atoms with van der Waals surface area (Å²) in [6, 6.07) is 6.85.